The fourth-order valence-corrected chi connectivity index (χ4v) is 7.96. The summed E-state index contributed by atoms with van der Waals surface area (Å²) >= 11 is 6.93. The number of carbonyl (C=O) groups is 1. The second-order valence-electron chi connectivity index (χ2n) is 9.45. The van der Waals surface area contributed by atoms with Crippen LogP contribution in [0.25, 0.3) is 0 Å². The van der Waals surface area contributed by atoms with Gasteiger partial charge in [-0.2, -0.15) is 8.42 Å². The van der Waals surface area contributed by atoms with Gasteiger partial charge in [0, 0.05) is 12.5 Å². The van der Waals surface area contributed by atoms with Crippen LogP contribution in [0.4, 0.5) is 0 Å². The molecule has 6 rings (SSSR count). The SMILES string of the molecule is COC12OCC3(C)C4=CC[C@@H](C)C4(C1=O)C(Cl)=C(OS(=O)(=O)c1ccc(C)cc1)C32C. The topological polar surface area (TPSA) is 78.9 Å². The molecule has 0 aromatic heterocycles. The van der Waals surface area contributed by atoms with E-state index in [0.717, 1.165) is 11.1 Å². The van der Waals surface area contributed by atoms with Gasteiger partial charge < -0.3 is 13.7 Å². The van der Waals surface area contributed by atoms with E-state index in [-0.39, 0.29) is 34.0 Å². The molecule has 6 nitrogen and oxygen atoms in total. The maximum Gasteiger partial charge on any atom is 0.338 e. The van der Waals surface area contributed by atoms with Crippen molar-refractivity contribution in [3.05, 3.63) is 52.3 Å². The first-order valence-corrected chi connectivity index (χ1v) is 12.1. The lowest BCUT2D eigenvalue weighted by molar-refractivity contribution is -0.247. The van der Waals surface area contributed by atoms with Crippen LogP contribution in [0.5, 0.6) is 0 Å². The number of ketones is 1. The standard InChI is InChI=1S/C23H25ClO6S/c1-13-6-9-15(10-7-13)31(26,27)30-18-17(24)22-14(2)8-11-16(22)20(3)12-29-23(28-5,19(22)25)21(18,20)4/h6-7,9-11,14H,8,12H2,1-5H3/t14-,20?,21?,22?,23?/m1/s1. The average molecular weight is 465 g/mol. The summed E-state index contributed by atoms with van der Waals surface area (Å²) in [6.07, 6.45) is 2.71. The number of aryl methyl sites for hydroxylation is 1. The van der Waals surface area contributed by atoms with Crippen molar-refractivity contribution < 1.29 is 26.9 Å². The minimum Gasteiger partial charge on any atom is -0.381 e. The third-order valence-corrected chi connectivity index (χ3v) is 9.91. The van der Waals surface area contributed by atoms with Crippen molar-refractivity contribution in [1.82, 2.24) is 0 Å². The third-order valence-electron chi connectivity index (χ3n) is 8.21. The minimum absolute atomic E-state index is 0.0176. The van der Waals surface area contributed by atoms with E-state index in [1.807, 2.05) is 20.8 Å². The first-order chi connectivity index (χ1) is 14.4. The molecule has 1 aliphatic heterocycles. The number of allylic oxidation sites excluding steroid dienone is 2. The quantitative estimate of drug-likeness (QED) is 0.493. The molecule has 4 unspecified atom stereocenters. The smallest absolute Gasteiger partial charge is 0.338 e. The van der Waals surface area contributed by atoms with Crippen LogP contribution in [-0.4, -0.2) is 33.7 Å². The van der Waals surface area contributed by atoms with E-state index in [0.29, 0.717) is 6.42 Å². The van der Waals surface area contributed by atoms with E-state index in [9.17, 15) is 13.2 Å². The van der Waals surface area contributed by atoms with E-state index in [2.05, 4.69) is 6.08 Å². The Morgan fingerprint density at radius 3 is 2.45 bits per heavy atom. The summed E-state index contributed by atoms with van der Waals surface area (Å²) in [6.45, 7) is 7.75. The molecule has 1 spiro atoms. The van der Waals surface area contributed by atoms with Crippen molar-refractivity contribution in [3.63, 3.8) is 0 Å². The monoisotopic (exact) mass is 464 g/mol. The van der Waals surface area contributed by atoms with Gasteiger partial charge in [0.15, 0.2) is 0 Å². The summed E-state index contributed by atoms with van der Waals surface area (Å²) in [5.41, 5.74) is -1.36. The number of benzene rings is 1. The number of methoxy groups -OCH3 is 1. The lowest BCUT2D eigenvalue weighted by Gasteiger charge is -2.62. The summed E-state index contributed by atoms with van der Waals surface area (Å²) in [5, 5.41) is 0.127. The highest BCUT2D eigenvalue weighted by molar-refractivity contribution is 7.86. The number of rotatable bonds is 4. The van der Waals surface area contributed by atoms with E-state index in [4.69, 9.17) is 25.3 Å². The highest BCUT2D eigenvalue weighted by Gasteiger charge is 2.86. The molecule has 8 heteroatoms. The first-order valence-electron chi connectivity index (χ1n) is 10.3. The van der Waals surface area contributed by atoms with Gasteiger partial charge in [-0.25, -0.2) is 0 Å². The summed E-state index contributed by atoms with van der Waals surface area (Å²) in [4.78, 5) is 14.0. The molecule has 1 saturated heterocycles. The molecule has 1 saturated carbocycles. The third kappa shape index (κ3) is 2.03. The van der Waals surface area contributed by atoms with Gasteiger partial charge in [0.2, 0.25) is 11.6 Å². The Labute approximate surface area is 187 Å². The molecule has 5 atom stereocenters. The average Bonchev–Trinajstić information content (AvgIpc) is 3.17. The van der Waals surface area contributed by atoms with Crippen molar-refractivity contribution in [2.45, 2.75) is 44.8 Å². The van der Waals surface area contributed by atoms with E-state index >= 15 is 0 Å². The molecule has 31 heavy (non-hydrogen) atoms. The maximum atomic E-state index is 14.0. The van der Waals surface area contributed by atoms with Gasteiger partial charge in [-0.3, -0.25) is 4.79 Å². The Balaban J connectivity index is 1.78. The zero-order valence-electron chi connectivity index (χ0n) is 18.1. The van der Waals surface area contributed by atoms with Crippen molar-refractivity contribution in [2.75, 3.05) is 13.7 Å². The van der Waals surface area contributed by atoms with E-state index < -0.39 is 32.2 Å². The van der Waals surface area contributed by atoms with Gasteiger partial charge in [-0.05, 0) is 43.9 Å². The number of hydrogen-bond acceptors (Lipinski definition) is 6. The molecule has 2 fully saturated rings. The first kappa shape index (κ1) is 21.2. The Bertz CT molecular complexity index is 1180. The van der Waals surface area contributed by atoms with Crippen molar-refractivity contribution in [3.8, 4) is 0 Å². The lowest BCUT2D eigenvalue weighted by atomic mass is 9.42. The van der Waals surface area contributed by atoms with Crippen molar-refractivity contribution in [2.24, 2.45) is 22.2 Å². The molecule has 1 aromatic rings. The second kappa shape index (κ2) is 6.01. The fraction of sp³-hybridized carbons (Fsp3) is 0.522. The summed E-state index contributed by atoms with van der Waals surface area (Å²) < 4.78 is 44.2. The number of carbonyl (C=O) groups excluding carboxylic acids is 1. The molecule has 0 radical (unpaired) electrons. The van der Waals surface area contributed by atoms with Crippen LogP contribution in [0.2, 0.25) is 0 Å². The second-order valence-corrected chi connectivity index (χ2v) is 11.4. The van der Waals surface area contributed by atoms with Crippen LogP contribution in [0.3, 0.4) is 0 Å². The largest absolute Gasteiger partial charge is 0.381 e. The Hall–Kier alpha value is -1.67. The van der Waals surface area contributed by atoms with Crippen molar-refractivity contribution >= 4 is 27.5 Å². The van der Waals surface area contributed by atoms with Crippen LogP contribution in [0.1, 0.15) is 32.8 Å². The highest BCUT2D eigenvalue weighted by Crippen LogP contribution is 2.79. The van der Waals surface area contributed by atoms with Crippen molar-refractivity contribution in [1.29, 1.82) is 0 Å². The number of ether oxygens (including phenoxy) is 2. The molecular weight excluding hydrogens is 440 g/mol. The number of hydrogen-bond donors (Lipinski definition) is 0. The van der Waals surface area contributed by atoms with Gasteiger partial charge in [0.1, 0.15) is 16.1 Å². The molecular formula is C23H25ClO6S. The summed E-state index contributed by atoms with van der Waals surface area (Å²) in [7, 11) is -2.79. The van der Waals surface area contributed by atoms with Crippen LogP contribution in [0.15, 0.2) is 51.6 Å². The zero-order valence-corrected chi connectivity index (χ0v) is 19.7. The lowest BCUT2D eigenvalue weighted by Crippen LogP contribution is -2.71. The summed E-state index contributed by atoms with van der Waals surface area (Å²) in [6, 6.07) is 6.39. The van der Waals surface area contributed by atoms with Crippen LogP contribution < -0.4 is 0 Å². The molecule has 0 N–H and O–H groups in total. The Morgan fingerprint density at radius 1 is 1.19 bits per heavy atom. The van der Waals surface area contributed by atoms with Crippen LogP contribution in [0, 0.1) is 29.1 Å². The van der Waals surface area contributed by atoms with Gasteiger partial charge in [-0.1, -0.05) is 49.2 Å². The molecule has 4 bridgehead atoms. The van der Waals surface area contributed by atoms with Crippen LogP contribution in [-0.2, 0) is 28.6 Å². The molecule has 1 aromatic carbocycles. The molecule has 4 aliphatic carbocycles. The Kier molecular flexibility index (Phi) is 4.11. The van der Waals surface area contributed by atoms with Gasteiger partial charge in [0.25, 0.3) is 0 Å². The molecule has 5 aliphatic rings. The Morgan fingerprint density at radius 2 is 1.84 bits per heavy atom. The normalized spacial score (nSPS) is 40.9. The van der Waals surface area contributed by atoms with Crippen LogP contribution >= 0.6 is 11.6 Å². The minimum atomic E-state index is -4.20. The zero-order chi connectivity index (χ0) is 22.6. The molecule has 166 valence electrons. The summed E-state index contributed by atoms with van der Waals surface area (Å²) in [5.74, 6) is -2.08. The number of halogens is 1. The van der Waals surface area contributed by atoms with E-state index in [1.54, 1.807) is 19.1 Å². The van der Waals surface area contributed by atoms with E-state index in [1.165, 1.54) is 19.2 Å². The van der Waals surface area contributed by atoms with Gasteiger partial charge >= 0.3 is 10.1 Å². The maximum absolute atomic E-state index is 14.0. The highest BCUT2D eigenvalue weighted by atomic mass is 35.5. The number of Topliss-reactive ketones (excluding diaryl/α,β-unsaturated/α-hetero) is 1. The van der Waals surface area contributed by atoms with Gasteiger partial charge in [0.05, 0.1) is 17.1 Å². The predicted octanol–water partition coefficient (Wildman–Crippen LogP) is 4.09. The van der Waals surface area contributed by atoms with Gasteiger partial charge in [-0.15, -0.1) is 0 Å². The molecule has 1 heterocycles. The molecule has 0 amide bonds. The predicted molar refractivity (Wildman–Crippen MR) is 114 cm³/mol. The fourth-order valence-electron chi connectivity index (χ4n) is 6.27.